The highest BCUT2D eigenvalue weighted by atomic mass is 32.2. The second-order valence-electron chi connectivity index (χ2n) is 6.16. The maximum absolute atomic E-state index is 12.5. The number of fused-ring (bicyclic) bond motifs is 1. The number of ether oxygens (including phenoxy) is 1. The number of hydrogen-bond acceptors (Lipinski definition) is 7. The molecule has 9 heteroatoms. The van der Waals surface area contributed by atoms with Gasteiger partial charge in [-0.25, -0.2) is 0 Å². The van der Waals surface area contributed by atoms with Crippen molar-refractivity contribution >= 4 is 53.8 Å². The molecule has 0 atom stereocenters. The molecule has 0 radical (unpaired) electrons. The van der Waals surface area contributed by atoms with E-state index >= 15 is 0 Å². The lowest BCUT2D eigenvalue weighted by Crippen LogP contribution is -2.20. The molecule has 2 heterocycles. The fraction of sp³-hybridized carbons (Fsp3) is 0.263. The number of esters is 1. The van der Waals surface area contributed by atoms with Gasteiger partial charge in [-0.05, 0) is 49.4 Å². The van der Waals surface area contributed by atoms with Gasteiger partial charge in [0.2, 0.25) is 0 Å². The third-order valence-electron chi connectivity index (χ3n) is 4.08. The molecule has 0 fully saturated rings. The van der Waals surface area contributed by atoms with Gasteiger partial charge in [-0.2, -0.15) is 18.4 Å². The van der Waals surface area contributed by atoms with Gasteiger partial charge >= 0.3 is 5.97 Å². The summed E-state index contributed by atoms with van der Waals surface area (Å²) in [6, 6.07) is 10.6. The predicted octanol–water partition coefficient (Wildman–Crippen LogP) is 4.30. The SMILES string of the molecule is COC(=O)CCC/C(=N\NS(=O)(=O)c1ccc(C)cc1)c1cc2sccc2s1. The van der Waals surface area contributed by atoms with E-state index in [0.717, 1.165) is 19.8 Å². The van der Waals surface area contributed by atoms with Crippen LogP contribution in [0.3, 0.4) is 0 Å². The van der Waals surface area contributed by atoms with E-state index in [-0.39, 0.29) is 17.3 Å². The molecule has 0 saturated carbocycles. The van der Waals surface area contributed by atoms with E-state index in [1.807, 2.05) is 24.4 Å². The number of carbonyl (C=O) groups is 1. The van der Waals surface area contributed by atoms with Crippen molar-refractivity contribution in [2.75, 3.05) is 7.11 Å². The van der Waals surface area contributed by atoms with E-state index in [0.29, 0.717) is 18.6 Å². The Balaban J connectivity index is 1.83. The van der Waals surface area contributed by atoms with Gasteiger partial charge in [-0.3, -0.25) is 4.79 Å². The highest BCUT2D eigenvalue weighted by molar-refractivity contribution is 7.89. The molecule has 28 heavy (non-hydrogen) atoms. The molecule has 0 aliphatic carbocycles. The summed E-state index contributed by atoms with van der Waals surface area (Å²) in [4.78, 5) is 14.8. The summed E-state index contributed by atoms with van der Waals surface area (Å²) >= 11 is 3.18. The highest BCUT2D eigenvalue weighted by Gasteiger charge is 2.15. The summed E-state index contributed by atoms with van der Waals surface area (Å²) in [5.74, 6) is -0.299. The Morgan fingerprint density at radius 3 is 2.57 bits per heavy atom. The number of hydrazone groups is 1. The van der Waals surface area contributed by atoms with E-state index in [1.165, 1.54) is 7.11 Å². The van der Waals surface area contributed by atoms with E-state index in [4.69, 9.17) is 0 Å². The second-order valence-corrected chi connectivity index (χ2v) is 9.85. The zero-order valence-corrected chi connectivity index (χ0v) is 17.9. The van der Waals surface area contributed by atoms with Crippen LogP contribution in [0.5, 0.6) is 0 Å². The van der Waals surface area contributed by atoms with E-state index in [1.54, 1.807) is 46.9 Å². The molecule has 0 bridgehead atoms. The minimum absolute atomic E-state index is 0.155. The van der Waals surface area contributed by atoms with Crippen molar-refractivity contribution in [3.05, 3.63) is 52.2 Å². The van der Waals surface area contributed by atoms with Crippen molar-refractivity contribution in [2.45, 2.75) is 31.1 Å². The Bertz CT molecular complexity index is 1070. The first-order valence-electron chi connectivity index (χ1n) is 8.58. The number of thiophene rings is 2. The quantitative estimate of drug-likeness (QED) is 0.324. The summed E-state index contributed by atoms with van der Waals surface area (Å²) in [5.41, 5.74) is 1.58. The molecule has 3 aromatic rings. The minimum atomic E-state index is -3.76. The van der Waals surface area contributed by atoms with Gasteiger partial charge in [-0.15, -0.1) is 22.7 Å². The average Bonchev–Trinajstić information content (AvgIpc) is 3.26. The minimum Gasteiger partial charge on any atom is -0.469 e. The number of benzene rings is 1. The first kappa shape index (κ1) is 20.5. The molecule has 0 amide bonds. The van der Waals surface area contributed by atoms with Crippen LogP contribution in [-0.2, 0) is 19.6 Å². The van der Waals surface area contributed by atoms with Crippen LogP contribution in [0.15, 0.2) is 51.8 Å². The Hall–Kier alpha value is -2.23. The van der Waals surface area contributed by atoms with Crippen LogP contribution in [-0.4, -0.2) is 27.2 Å². The van der Waals surface area contributed by atoms with Gasteiger partial charge in [-0.1, -0.05) is 17.7 Å². The van der Waals surface area contributed by atoms with Gasteiger partial charge < -0.3 is 4.74 Å². The smallest absolute Gasteiger partial charge is 0.305 e. The summed E-state index contributed by atoms with van der Waals surface area (Å²) in [5, 5.41) is 6.22. The maximum atomic E-state index is 12.5. The number of methoxy groups -OCH3 is 1. The van der Waals surface area contributed by atoms with Crippen LogP contribution in [0.4, 0.5) is 0 Å². The molecule has 0 aliphatic heterocycles. The number of nitrogens with zero attached hydrogens (tertiary/aromatic N) is 1. The molecule has 1 aromatic carbocycles. The van der Waals surface area contributed by atoms with Crippen LogP contribution in [0.1, 0.15) is 29.7 Å². The maximum Gasteiger partial charge on any atom is 0.305 e. The van der Waals surface area contributed by atoms with Crippen LogP contribution in [0.2, 0.25) is 0 Å². The van der Waals surface area contributed by atoms with Crippen LogP contribution in [0, 0.1) is 6.92 Å². The Labute approximate surface area is 171 Å². The van der Waals surface area contributed by atoms with E-state index < -0.39 is 10.0 Å². The summed E-state index contributed by atoms with van der Waals surface area (Å²) < 4.78 is 32.0. The Morgan fingerprint density at radius 2 is 1.89 bits per heavy atom. The lowest BCUT2D eigenvalue weighted by Gasteiger charge is -2.07. The van der Waals surface area contributed by atoms with Crippen molar-refractivity contribution in [2.24, 2.45) is 5.10 Å². The van der Waals surface area contributed by atoms with Crippen LogP contribution < -0.4 is 4.83 Å². The first-order valence-corrected chi connectivity index (χ1v) is 11.8. The normalized spacial score (nSPS) is 12.3. The number of nitrogens with one attached hydrogen (secondary N) is 1. The second kappa shape index (κ2) is 8.85. The standard InChI is InChI=1S/C19H20N2O4S3/c1-13-6-8-14(9-7-13)28(23,24)21-20-15(4-3-5-19(22)25-2)17-12-18-16(27-17)10-11-26-18/h6-12,21H,3-5H2,1-2H3/b20-15+. The predicted molar refractivity (Wildman–Crippen MR) is 114 cm³/mol. The largest absolute Gasteiger partial charge is 0.469 e. The summed E-state index contributed by atoms with van der Waals surface area (Å²) in [6.45, 7) is 1.89. The van der Waals surface area contributed by atoms with Crippen molar-refractivity contribution in [1.82, 2.24) is 4.83 Å². The van der Waals surface area contributed by atoms with E-state index in [2.05, 4.69) is 14.7 Å². The third kappa shape index (κ3) is 4.98. The Morgan fingerprint density at radius 1 is 1.14 bits per heavy atom. The molecular weight excluding hydrogens is 416 g/mol. The molecular formula is C19H20N2O4S3. The van der Waals surface area contributed by atoms with Gasteiger partial charge in [0.15, 0.2) is 0 Å². The number of carbonyl (C=O) groups excluding carboxylic acids is 1. The number of hydrogen-bond donors (Lipinski definition) is 1. The fourth-order valence-electron chi connectivity index (χ4n) is 2.53. The van der Waals surface area contributed by atoms with Crippen molar-refractivity contribution in [1.29, 1.82) is 0 Å². The lowest BCUT2D eigenvalue weighted by atomic mass is 10.1. The zero-order chi connectivity index (χ0) is 20.1. The first-order chi connectivity index (χ1) is 13.4. The molecule has 6 nitrogen and oxygen atoms in total. The topological polar surface area (TPSA) is 84.8 Å². The molecule has 2 aromatic heterocycles. The van der Waals surface area contributed by atoms with Gasteiger partial charge in [0, 0.05) is 15.8 Å². The molecule has 0 aliphatic rings. The average molecular weight is 437 g/mol. The molecule has 1 N–H and O–H groups in total. The van der Waals surface area contributed by atoms with E-state index in [9.17, 15) is 13.2 Å². The lowest BCUT2D eigenvalue weighted by molar-refractivity contribution is -0.140. The molecule has 0 saturated heterocycles. The summed E-state index contributed by atoms with van der Waals surface area (Å²) in [6.07, 6.45) is 1.22. The van der Waals surface area contributed by atoms with Gasteiger partial charge in [0.05, 0.1) is 22.6 Å². The van der Waals surface area contributed by atoms with Gasteiger partial charge in [0.1, 0.15) is 0 Å². The molecule has 3 rings (SSSR count). The zero-order valence-electron chi connectivity index (χ0n) is 15.5. The van der Waals surface area contributed by atoms with Crippen LogP contribution >= 0.6 is 22.7 Å². The number of sulfonamides is 1. The Kier molecular flexibility index (Phi) is 6.48. The van der Waals surface area contributed by atoms with Gasteiger partial charge in [0.25, 0.3) is 10.0 Å². The molecule has 148 valence electrons. The van der Waals surface area contributed by atoms with Crippen LogP contribution in [0.25, 0.3) is 9.40 Å². The molecule has 0 spiro atoms. The fourth-order valence-corrected chi connectivity index (χ4v) is 5.49. The molecule has 0 unspecified atom stereocenters. The highest BCUT2D eigenvalue weighted by Crippen LogP contribution is 2.31. The monoisotopic (exact) mass is 436 g/mol. The van der Waals surface area contributed by atoms with Crippen molar-refractivity contribution in [3.8, 4) is 0 Å². The number of aryl methyl sites for hydroxylation is 1. The van der Waals surface area contributed by atoms with Crippen molar-refractivity contribution < 1.29 is 17.9 Å². The third-order valence-corrected chi connectivity index (χ3v) is 7.44. The van der Waals surface area contributed by atoms with Crippen molar-refractivity contribution in [3.63, 3.8) is 0 Å². The number of rotatable bonds is 8. The summed E-state index contributed by atoms with van der Waals surface area (Å²) in [7, 11) is -2.42.